The molecular weight excluding hydrogens is 543 g/mol. The molecule has 0 bridgehead atoms. The summed E-state index contributed by atoms with van der Waals surface area (Å²) in [6, 6.07) is 6.52. The van der Waals surface area contributed by atoms with E-state index in [1.54, 1.807) is 36.0 Å². The molecule has 0 radical (unpaired) electrons. The van der Waals surface area contributed by atoms with E-state index in [-0.39, 0.29) is 30.3 Å². The number of para-hydroxylation sites is 1. The smallest absolute Gasteiger partial charge is 0.243 e. The largest absolute Gasteiger partial charge is 0.548 e. The molecule has 2 unspecified atom stereocenters. The fourth-order valence-electron chi connectivity index (χ4n) is 2.14. The van der Waals surface area contributed by atoms with Gasteiger partial charge in [0.2, 0.25) is 17.7 Å². The van der Waals surface area contributed by atoms with Gasteiger partial charge in [-0.1, -0.05) is 32.0 Å². The third-order valence-electron chi connectivity index (χ3n) is 3.69. The van der Waals surface area contributed by atoms with Crippen LogP contribution in [0.25, 0.3) is 0 Å². The molecule has 0 saturated heterocycles. The summed E-state index contributed by atoms with van der Waals surface area (Å²) in [6.45, 7) is 3.26. The molecule has 3 amide bonds. The van der Waals surface area contributed by atoms with E-state index in [4.69, 9.17) is 3.74 Å². The molecule has 6 N–H and O–H groups in total. The van der Waals surface area contributed by atoms with Gasteiger partial charge in [-0.25, -0.2) is 0 Å². The third-order valence-corrected chi connectivity index (χ3v) is 4.72. The van der Waals surface area contributed by atoms with Crippen LogP contribution in [0.15, 0.2) is 30.3 Å². The fourth-order valence-corrected chi connectivity index (χ4v) is 2.99. The van der Waals surface area contributed by atoms with E-state index in [2.05, 4.69) is 21.7 Å². The minimum atomic E-state index is -1.50. The topological polar surface area (TPSA) is 212 Å². The van der Waals surface area contributed by atoms with Gasteiger partial charge in [0.25, 0.3) is 0 Å². The molecule has 0 aliphatic carbocycles. The van der Waals surface area contributed by atoms with Crippen LogP contribution in [0.1, 0.15) is 26.7 Å². The average molecular weight is 575 g/mol. The Kier molecular flexibility index (Phi) is 21.4. The van der Waals surface area contributed by atoms with Crippen molar-refractivity contribution in [3.63, 3.8) is 0 Å². The van der Waals surface area contributed by atoms with Gasteiger partial charge >= 0.3 is 25.1 Å². The first kappa shape index (κ1) is 34.4. The van der Waals surface area contributed by atoms with Crippen molar-refractivity contribution >= 4 is 62.8 Å². The van der Waals surface area contributed by atoms with Crippen LogP contribution in [0.3, 0.4) is 0 Å². The molecule has 196 valence electrons. The predicted molar refractivity (Wildman–Crippen MR) is 127 cm³/mol. The average Bonchev–Trinajstić information content (AvgIpc) is 2.82. The van der Waals surface area contributed by atoms with E-state index < -0.39 is 58.1 Å². The summed E-state index contributed by atoms with van der Waals surface area (Å²) in [5.41, 5.74) is 5.60. The van der Waals surface area contributed by atoms with Crippen molar-refractivity contribution < 1.29 is 43.7 Å². The minimum absolute atomic E-state index is 0.0128. The summed E-state index contributed by atoms with van der Waals surface area (Å²) in [7, 11) is 0. The second kappa shape index (κ2) is 21.8. The first-order chi connectivity index (χ1) is 16.6. The summed E-state index contributed by atoms with van der Waals surface area (Å²) < 4.78 is 9.02. The van der Waals surface area contributed by atoms with Crippen molar-refractivity contribution in [2.75, 3.05) is 23.4 Å². The zero-order chi connectivity index (χ0) is 27.2. The molecule has 0 heterocycles. The van der Waals surface area contributed by atoms with Crippen LogP contribution in [-0.2, 0) is 27.7 Å². The van der Waals surface area contributed by atoms with Gasteiger partial charge in [0.15, 0.2) is 0 Å². The summed E-state index contributed by atoms with van der Waals surface area (Å²) in [4.78, 5) is 57.3. The van der Waals surface area contributed by atoms with Crippen LogP contribution in [0.5, 0.6) is 0 Å². The van der Waals surface area contributed by atoms with Crippen molar-refractivity contribution in [3.05, 3.63) is 30.3 Å². The molecule has 0 saturated carbocycles. The first-order valence-corrected chi connectivity index (χ1v) is 14.3. The number of rotatable bonds is 13. The number of quaternary nitrogens is 1. The summed E-state index contributed by atoms with van der Waals surface area (Å²) in [5, 5.41) is 28.4. The Balaban J connectivity index is 0. The number of carboxylic acid groups (broad SMARTS) is 2. The van der Waals surface area contributed by atoms with Gasteiger partial charge < -0.3 is 41.5 Å². The van der Waals surface area contributed by atoms with E-state index in [0.717, 1.165) is 11.8 Å². The summed E-state index contributed by atoms with van der Waals surface area (Å²) in [6.07, 6.45) is -0.306. The Bertz CT molecular complexity index is 814. The molecule has 14 heteroatoms. The Labute approximate surface area is 215 Å². The van der Waals surface area contributed by atoms with Crippen LogP contribution in [0.2, 0.25) is 5.71 Å². The van der Waals surface area contributed by atoms with Crippen molar-refractivity contribution in [1.29, 1.82) is 0 Å². The number of thioether (sulfide) groups is 1. The van der Waals surface area contributed by atoms with Crippen LogP contribution >= 0.6 is 11.8 Å². The summed E-state index contributed by atoms with van der Waals surface area (Å²) in [5.74, 6) is -4.63. The zero-order valence-corrected chi connectivity index (χ0v) is 22.6. The molecule has 35 heavy (non-hydrogen) atoms. The standard InChI is InChI=1S/C18H24N4O7S.C2H6.CH3AsO/c19-12(18(28)29)6-7-14(23)22-13(17(27)20-8-16(25)26)9-30-10-15(24)21-11-4-2-1-3-5-11;1-2;1-2-3/h1-5,12-13H,6-10,19H2,(H,20,27)(H,21,24)(H,22,23)(H,25,26)(H,28,29);1-2H3;1H3/p-1. The number of amides is 3. The Morgan fingerprint density at radius 1 is 1.06 bits per heavy atom. The number of benzene rings is 1. The van der Waals surface area contributed by atoms with Crippen molar-refractivity contribution in [2.45, 2.75) is 44.5 Å². The normalized spacial score (nSPS) is 11.3. The van der Waals surface area contributed by atoms with Gasteiger partial charge in [-0.2, -0.15) is 0 Å². The van der Waals surface area contributed by atoms with Gasteiger partial charge in [0, 0.05) is 24.3 Å². The Hall–Kier alpha value is -2.76. The minimum Gasteiger partial charge on any atom is -0.548 e. The molecule has 0 aliphatic heterocycles. The van der Waals surface area contributed by atoms with E-state index in [1.807, 2.05) is 13.8 Å². The maximum Gasteiger partial charge on any atom is 0.243 e. The third kappa shape index (κ3) is 19.3. The number of hydrogen-bond donors (Lipinski definition) is 4. The quantitative estimate of drug-likeness (QED) is 0.176. The van der Waals surface area contributed by atoms with Crippen LogP contribution in [0, 0.1) is 0 Å². The van der Waals surface area contributed by atoms with Crippen LogP contribution < -0.4 is 31.9 Å². The van der Waals surface area contributed by atoms with Gasteiger partial charge in [-0.05, 0) is 12.1 Å². The zero-order valence-electron chi connectivity index (χ0n) is 19.9. The van der Waals surface area contributed by atoms with Crippen molar-refractivity contribution in [3.8, 4) is 0 Å². The monoisotopic (exact) mass is 575 g/mol. The van der Waals surface area contributed by atoms with E-state index >= 15 is 0 Å². The number of carbonyl (C=O) groups excluding carboxylic acids is 5. The molecule has 0 fully saturated rings. The number of nitrogens with one attached hydrogen (secondary N) is 3. The van der Waals surface area contributed by atoms with Crippen LogP contribution in [-0.4, -0.2) is 75.5 Å². The van der Waals surface area contributed by atoms with Crippen molar-refractivity contribution in [2.24, 2.45) is 0 Å². The molecule has 0 aliphatic rings. The Morgan fingerprint density at radius 3 is 2.14 bits per heavy atom. The number of carboxylic acids is 2. The molecule has 0 spiro atoms. The maximum absolute atomic E-state index is 12.1. The molecule has 12 nitrogen and oxygen atoms in total. The second-order valence-corrected chi connectivity index (χ2v) is 8.17. The molecule has 1 rings (SSSR count). The molecule has 2 atom stereocenters. The predicted octanol–water partition coefficient (Wildman–Crippen LogP) is -3.04. The number of anilines is 1. The van der Waals surface area contributed by atoms with Crippen LogP contribution in [0.4, 0.5) is 5.69 Å². The summed E-state index contributed by atoms with van der Waals surface area (Å²) >= 11 is 0.493. The van der Waals surface area contributed by atoms with Gasteiger partial charge in [-0.3, -0.25) is 14.4 Å². The first-order valence-electron chi connectivity index (χ1n) is 10.6. The van der Waals surface area contributed by atoms with Gasteiger partial charge in [0.1, 0.15) is 12.1 Å². The number of aliphatic carboxylic acids is 2. The molecule has 0 aromatic heterocycles. The Morgan fingerprint density at radius 2 is 1.63 bits per heavy atom. The van der Waals surface area contributed by atoms with E-state index in [1.165, 1.54) is 0 Å². The molecular formula is C21H32AsN4O8S-. The second-order valence-electron chi connectivity index (χ2n) is 6.38. The maximum atomic E-state index is 12.1. The number of hydrogen-bond acceptors (Lipinski definition) is 9. The van der Waals surface area contributed by atoms with Crippen molar-refractivity contribution in [1.82, 2.24) is 10.6 Å². The van der Waals surface area contributed by atoms with Gasteiger partial charge in [0.05, 0.1) is 24.2 Å². The van der Waals surface area contributed by atoms with E-state index in [0.29, 0.717) is 5.69 Å². The number of carbonyl (C=O) groups is 5. The molecule has 1 aromatic carbocycles. The SMILES string of the molecule is CC.C[As]=O.[NH3+]C(CCC(=O)NC(CSCC(=O)Nc1ccccc1)C(=O)NCC(=O)[O-])C(=O)[O-]. The molecule has 1 aromatic rings. The van der Waals surface area contributed by atoms with E-state index in [9.17, 15) is 34.2 Å². The fraction of sp³-hybridized carbons (Fsp3) is 0.476. The van der Waals surface area contributed by atoms with Gasteiger partial charge in [-0.15, -0.1) is 11.8 Å².